The van der Waals surface area contributed by atoms with Gasteiger partial charge in [0.25, 0.3) is 5.91 Å². The van der Waals surface area contributed by atoms with Crippen molar-refractivity contribution >= 4 is 71.5 Å². The van der Waals surface area contributed by atoms with Crippen LogP contribution in [0.2, 0.25) is 5.02 Å². The van der Waals surface area contributed by atoms with Crippen LogP contribution in [0.15, 0.2) is 42.5 Å². The second kappa shape index (κ2) is 9.17. The Morgan fingerprint density at radius 2 is 1.91 bits per heavy atom. The smallest absolute Gasteiger partial charge is 0.405 e. The predicted molar refractivity (Wildman–Crippen MR) is 124 cm³/mol. The van der Waals surface area contributed by atoms with Crippen molar-refractivity contribution in [1.29, 1.82) is 0 Å². The highest BCUT2D eigenvalue weighted by Crippen LogP contribution is 2.37. The summed E-state index contributed by atoms with van der Waals surface area (Å²) < 4.78 is 23.9. The van der Waals surface area contributed by atoms with Crippen molar-refractivity contribution in [1.82, 2.24) is 15.6 Å². The van der Waals surface area contributed by atoms with E-state index >= 15 is 0 Å². The monoisotopic (exact) mass is 506 g/mol. The largest absolute Gasteiger partial charge is 0.465 e. The van der Waals surface area contributed by atoms with Crippen molar-refractivity contribution in [2.75, 3.05) is 5.32 Å². The zero-order chi connectivity index (χ0) is 23.7. The molecule has 170 valence electrons. The number of imide groups is 1. The van der Waals surface area contributed by atoms with Crippen LogP contribution in [0.4, 0.5) is 14.7 Å². The summed E-state index contributed by atoms with van der Waals surface area (Å²) in [7, 11) is -2.54. The van der Waals surface area contributed by atoms with Crippen LogP contribution in [-0.2, 0) is 10.3 Å². The molecular weight excluding hydrogens is 492 g/mol. The van der Waals surface area contributed by atoms with Crippen molar-refractivity contribution in [3.8, 4) is 0 Å². The van der Waals surface area contributed by atoms with Gasteiger partial charge in [0.15, 0.2) is 5.13 Å². The van der Waals surface area contributed by atoms with Gasteiger partial charge in [0.2, 0.25) is 10.3 Å². The second-order valence-electron chi connectivity index (χ2n) is 7.06. The number of fused-ring (bicyclic) bond motifs is 1. The van der Waals surface area contributed by atoms with Gasteiger partial charge in [-0.2, -0.15) is 8.42 Å². The summed E-state index contributed by atoms with van der Waals surface area (Å²) in [4.78, 5) is 39.6. The fraction of sp³-hybridized carbons (Fsp3) is 0.150. The molecule has 0 bridgehead atoms. The van der Waals surface area contributed by atoms with Crippen LogP contribution in [0, 0.1) is 0 Å². The zero-order valence-electron chi connectivity index (χ0n) is 16.5. The first kappa shape index (κ1) is 22.7. The van der Waals surface area contributed by atoms with E-state index in [4.69, 9.17) is 16.7 Å². The summed E-state index contributed by atoms with van der Waals surface area (Å²) in [6.45, 7) is 0. The Hall–Kier alpha value is -3.48. The molecule has 1 saturated carbocycles. The molecule has 0 spiro atoms. The Balaban J connectivity index is 1.48. The van der Waals surface area contributed by atoms with Gasteiger partial charge < -0.3 is 10.4 Å². The minimum Gasteiger partial charge on any atom is -0.465 e. The molecule has 1 fully saturated rings. The van der Waals surface area contributed by atoms with E-state index in [1.807, 2.05) is 0 Å². The number of rotatable bonds is 4. The van der Waals surface area contributed by atoms with Crippen molar-refractivity contribution in [2.45, 2.75) is 18.4 Å². The highest BCUT2D eigenvalue weighted by Gasteiger charge is 2.40. The van der Waals surface area contributed by atoms with Gasteiger partial charge >= 0.3 is 12.1 Å². The maximum absolute atomic E-state index is 12.2. The highest BCUT2D eigenvalue weighted by atomic mass is 35.5. The molecular formula is C20H15ClN4O6S2. The number of halogens is 1. The maximum atomic E-state index is 12.2. The summed E-state index contributed by atoms with van der Waals surface area (Å²) in [5.41, 5.74) is 1.42. The third kappa shape index (κ3) is 4.82. The number of urea groups is 1. The lowest BCUT2D eigenvalue weighted by molar-refractivity contribution is 0.0967. The van der Waals surface area contributed by atoms with Crippen molar-refractivity contribution < 1.29 is 27.9 Å². The fourth-order valence-corrected chi connectivity index (χ4v) is 5.50. The lowest BCUT2D eigenvalue weighted by Gasteiger charge is -2.35. The first-order valence-electron chi connectivity index (χ1n) is 9.45. The van der Waals surface area contributed by atoms with Gasteiger partial charge in [-0.3, -0.25) is 15.4 Å². The van der Waals surface area contributed by atoms with E-state index in [1.165, 1.54) is 12.1 Å². The molecule has 2 aromatic carbocycles. The number of amides is 4. The van der Waals surface area contributed by atoms with Crippen LogP contribution in [0.1, 0.15) is 28.3 Å². The molecule has 1 aromatic heterocycles. The molecule has 10 nitrogen and oxygen atoms in total. The van der Waals surface area contributed by atoms with Crippen LogP contribution < -0.4 is 16.0 Å². The SMILES string of the molecule is O=C(O)NC1CC(c2ccc3nc(NC(=O)NC(=O)c4ccccc4Cl)sc3c2)C1=S(=O)=O. The Morgan fingerprint density at radius 1 is 1.15 bits per heavy atom. The Labute approximate surface area is 197 Å². The van der Waals surface area contributed by atoms with Crippen LogP contribution in [0.5, 0.6) is 0 Å². The Morgan fingerprint density at radius 3 is 2.61 bits per heavy atom. The molecule has 0 radical (unpaired) electrons. The maximum Gasteiger partial charge on any atom is 0.405 e. The van der Waals surface area contributed by atoms with Gasteiger partial charge in [-0.1, -0.05) is 41.1 Å². The number of hydrogen-bond acceptors (Lipinski definition) is 7. The number of carboxylic acid groups (broad SMARTS) is 1. The molecule has 2 unspecified atom stereocenters. The molecule has 4 rings (SSSR count). The second-order valence-corrected chi connectivity index (χ2v) is 9.44. The lowest BCUT2D eigenvalue weighted by atomic mass is 9.75. The summed E-state index contributed by atoms with van der Waals surface area (Å²) >= 11 is 7.11. The molecule has 3 aromatic rings. The van der Waals surface area contributed by atoms with E-state index in [1.54, 1.807) is 30.3 Å². The molecule has 0 saturated heterocycles. The average Bonchev–Trinajstić information content (AvgIpc) is 3.11. The number of thiazole rings is 1. The first-order valence-corrected chi connectivity index (χ1v) is 11.7. The minimum absolute atomic E-state index is 0.0806. The number of nitrogens with one attached hydrogen (secondary N) is 3. The van der Waals surface area contributed by atoms with Crippen molar-refractivity contribution in [2.24, 2.45) is 0 Å². The highest BCUT2D eigenvalue weighted by molar-refractivity contribution is 7.73. The van der Waals surface area contributed by atoms with Gasteiger partial charge in [0.05, 0.1) is 31.7 Å². The molecule has 2 atom stereocenters. The molecule has 33 heavy (non-hydrogen) atoms. The predicted octanol–water partition coefficient (Wildman–Crippen LogP) is 3.09. The van der Waals surface area contributed by atoms with E-state index in [0.717, 1.165) is 11.3 Å². The molecule has 0 aliphatic heterocycles. The third-order valence-electron chi connectivity index (χ3n) is 5.03. The average molecular weight is 507 g/mol. The summed E-state index contributed by atoms with van der Waals surface area (Å²) in [6, 6.07) is 9.92. The standard InChI is InChI=1S/C20H15ClN4O6S2/c21-12-4-2-1-3-10(12)17(26)24-18(27)25-19-22-13-6-5-9(7-15(13)32-19)11-8-14(23-20(28)29)16(11)33(30)31/h1-7,11,14,23H,8H2,(H,28,29)(H2,22,24,25,26,27). The van der Waals surface area contributed by atoms with E-state index in [-0.39, 0.29) is 20.6 Å². The van der Waals surface area contributed by atoms with Crippen LogP contribution in [0.25, 0.3) is 10.2 Å². The van der Waals surface area contributed by atoms with Gasteiger partial charge in [0.1, 0.15) is 0 Å². The molecule has 4 N–H and O–H groups in total. The van der Waals surface area contributed by atoms with Gasteiger partial charge in [0, 0.05) is 5.92 Å². The van der Waals surface area contributed by atoms with Crippen LogP contribution in [0.3, 0.4) is 0 Å². The first-order chi connectivity index (χ1) is 15.7. The van der Waals surface area contributed by atoms with E-state index in [0.29, 0.717) is 22.2 Å². The number of benzene rings is 2. The molecule has 4 amide bonds. The number of hydrogen-bond donors (Lipinski definition) is 4. The van der Waals surface area contributed by atoms with Crippen molar-refractivity contribution in [3.05, 3.63) is 58.6 Å². The minimum atomic E-state index is -2.54. The number of carbonyl (C=O) groups excluding carboxylic acids is 2. The topological polar surface area (TPSA) is 155 Å². The van der Waals surface area contributed by atoms with Crippen LogP contribution in [-0.4, -0.2) is 47.4 Å². The molecule has 1 heterocycles. The summed E-state index contributed by atoms with van der Waals surface area (Å²) in [5, 5.41) is 16.2. The third-order valence-corrected chi connectivity index (χ3v) is 7.25. The zero-order valence-corrected chi connectivity index (χ0v) is 18.9. The molecule has 13 heteroatoms. The van der Waals surface area contributed by atoms with Crippen LogP contribution >= 0.6 is 22.9 Å². The number of aromatic nitrogens is 1. The summed E-state index contributed by atoms with van der Waals surface area (Å²) in [5.74, 6) is -1.11. The normalized spacial score (nSPS) is 17.2. The summed E-state index contributed by atoms with van der Waals surface area (Å²) in [6.07, 6.45) is -0.973. The number of nitrogens with zero attached hydrogens (tertiary/aromatic N) is 1. The van der Waals surface area contributed by atoms with E-state index in [2.05, 4.69) is 20.9 Å². The quantitative estimate of drug-likeness (QED) is 0.396. The van der Waals surface area contributed by atoms with Gasteiger partial charge in [-0.25, -0.2) is 14.6 Å². The molecule has 1 aliphatic carbocycles. The number of anilines is 1. The molecule has 1 aliphatic rings. The fourth-order valence-electron chi connectivity index (χ4n) is 3.52. The van der Waals surface area contributed by atoms with Crippen molar-refractivity contribution in [3.63, 3.8) is 0 Å². The Kier molecular flexibility index (Phi) is 6.31. The van der Waals surface area contributed by atoms with E-state index < -0.39 is 40.3 Å². The van der Waals surface area contributed by atoms with Gasteiger partial charge in [-0.05, 0) is 36.2 Å². The van der Waals surface area contributed by atoms with E-state index in [9.17, 15) is 22.8 Å². The van der Waals surface area contributed by atoms with Gasteiger partial charge in [-0.15, -0.1) is 0 Å². The Bertz CT molecular complexity index is 1430. The number of carbonyl (C=O) groups is 3. The lowest BCUT2D eigenvalue weighted by Crippen LogP contribution is -2.52.